The molecule has 6 nitrogen and oxygen atoms in total. The second-order valence-corrected chi connectivity index (χ2v) is 7.29. The minimum absolute atomic E-state index is 0.0568. The maximum Gasteiger partial charge on any atom is 0.257 e. The highest BCUT2D eigenvalue weighted by Crippen LogP contribution is 2.32. The van der Waals surface area contributed by atoms with Gasteiger partial charge in [-0.1, -0.05) is 19.3 Å². The molecule has 140 valence electrons. The standard InChI is InChI=1S/C21H25N5O/c1-15-12-20(16(2)26(15)19-6-4-3-5-7-19)21(27)24-17-8-10-18(11-9-17)25-14-22-13-23-25/h8-14,19H,3-7H2,1-2H3,(H,24,27). The van der Waals surface area contributed by atoms with Gasteiger partial charge < -0.3 is 9.88 Å². The molecule has 0 spiro atoms. The number of hydrogen-bond acceptors (Lipinski definition) is 3. The van der Waals surface area contributed by atoms with Crippen LogP contribution in [-0.4, -0.2) is 25.2 Å². The topological polar surface area (TPSA) is 64.7 Å². The van der Waals surface area contributed by atoms with E-state index in [1.165, 1.54) is 44.1 Å². The molecule has 0 saturated heterocycles. The first kappa shape index (κ1) is 17.5. The number of aromatic nitrogens is 4. The third-order valence-electron chi connectivity index (χ3n) is 5.48. The van der Waals surface area contributed by atoms with E-state index < -0.39 is 0 Å². The maximum atomic E-state index is 12.8. The van der Waals surface area contributed by atoms with Crippen molar-refractivity contribution in [1.29, 1.82) is 0 Å². The molecule has 0 bridgehead atoms. The van der Waals surface area contributed by atoms with Gasteiger partial charge in [-0.2, -0.15) is 5.10 Å². The Hall–Kier alpha value is -2.89. The summed E-state index contributed by atoms with van der Waals surface area (Å²) in [5, 5.41) is 7.13. The van der Waals surface area contributed by atoms with Crippen molar-refractivity contribution >= 4 is 11.6 Å². The van der Waals surface area contributed by atoms with E-state index in [9.17, 15) is 4.79 Å². The van der Waals surface area contributed by atoms with Crippen LogP contribution in [0.4, 0.5) is 5.69 Å². The highest BCUT2D eigenvalue weighted by atomic mass is 16.1. The van der Waals surface area contributed by atoms with Gasteiger partial charge in [-0.25, -0.2) is 9.67 Å². The summed E-state index contributed by atoms with van der Waals surface area (Å²) >= 11 is 0. The molecule has 1 N–H and O–H groups in total. The van der Waals surface area contributed by atoms with E-state index in [-0.39, 0.29) is 5.91 Å². The van der Waals surface area contributed by atoms with Crippen molar-refractivity contribution in [2.24, 2.45) is 0 Å². The van der Waals surface area contributed by atoms with Crippen LogP contribution in [0.25, 0.3) is 5.69 Å². The molecule has 0 unspecified atom stereocenters. The fraction of sp³-hybridized carbons (Fsp3) is 0.381. The number of nitrogens with one attached hydrogen (secondary N) is 1. The van der Waals surface area contributed by atoms with Crippen LogP contribution in [-0.2, 0) is 0 Å². The Balaban J connectivity index is 1.51. The van der Waals surface area contributed by atoms with E-state index in [1.54, 1.807) is 11.0 Å². The summed E-state index contributed by atoms with van der Waals surface area (Å²) in [5.74, 6) is -0.0568. The smallest absolute Gasteiger partial charge is 0.257 e. The lowest BCUT2D eigenvalue weighted by Gasteiger charge is -2.26. The van der Waals surface area contributed by atoms with Crippen LogP contribution in [0.1, 0.15) is 59.9 Å². The molecule has 1 fully saturated rings. The van der Waals surface area contributed by atoms with Crippen molar-refractivity contribution in [3.63, 3.8) is 0 Å². The van der Waals surface area contributed by atoms with Gasteiger partial charge in [-0.15, -0.1) is 0 Å². The van der Waals surface area contributed by atoms with Gasteiger partial charge in [-0.05, 0) is 57.0 Å². The highest BCUT2D eigenvalue weighted by Gasteiger charge is 2.22. The lowest BCUT2D eigenvalue weighted by molar-refractivity contribution is 0.102. The molecular formula is C21H25N5O. The molecule has 1 amide bonds. The molecule has 4 rings (SSSR count). The molecule has 0 aliphatic heterocycles. The lowest BCUT2D eigenvalue weighted by atomic mass is 9.95. The van der Waals surface area contributed by atoms with Crippen LogP contribution in [0.3, 0.4) is 0 Å². The summed E-state index contributed by atoms with van der Waals surface area (Å²) in [4.78, 5) is 16.8. The molecule has 0 radical (unpaired) electrons. The summed E-state index contributed by atoms with van der Waals surface area (Å²) in [7, 11) is 0. The first-order chi connectivity index (χ1) is 13.1. The zero-order valence-corrected chi connectivity index (χ0v) is 15.9. The summed E-state index contributed by atoms with van der Waals surface area (Å²) in [5.41, 5.74) is 4.67. The Kier molecular flexibility index (Phi) is 4.79. The second-order valence-electron chi connectivity index (χ2n) is 7.29. The second kappa shape index (κ2) is 7.39. The monoisotopic (exact) mass is 363 g/mol. The number of carbonyl (C=O) groups excluding carboxylic acids is 1. The van der Waals surface area contributed by atoms with Crippen molar-refractivity contribution < 1.29 is 4.79 Å². The molecule has 6 heteroatoms. The number of nitrogens with zero attached hydrogens (tertiary/aromatic N) is 4. The molecule has 1 saturated carbocycles. The molecule has 1 aromatic carbocycles. The van der Waals surface area contributed by atoms with Crippen molar-refractivity contribution in [2.75, 3.05) is 5.32 Å². The van der Waals surface area contributed by atoms with Crippen LogP contribution in [0.5, 0.6) is 0 Å². The van der Waals surface area contributed by atoms with Crippen LogP contribution < -0.4 is 5.32 Å². The van der Waals surface area contributed by atoms with E-state index in [1.807, 2.05) is 30.3 Å². The predicted molar refractivity (Wildman–Crippen MR) is 105 cm³/mol. The third-order valence-corrected chi connectivity index (χ3v) is 5.48. The Morgan fingerprint density at radius 1 is 1.11 bits per heavy atom. The Labute approximate surface area is 159 Å². The number of anilines is 1. The molecular weight excluding hydrogens is 338 g/mol. The average Bonchev–Trinajstić information content (AvgIpc) is 3.31. The van der Waals surface area contributed by atoms with Crippen LogP contribution in [0.15, 0.2) is 43.0 Å². The summed E-state index contributed by atoms with van der Waals surface area (Å²) < 4.78 is 4.05. The fourth-order valence-electron chi connectivity index (χ4n) is 4.15. The van der Waals surface area contributed by atoms with E-state index >= 15 is 0 Å². The summed E-state index contributed by atoms with van der Waals surface area (Å²) in [6.45, 7) is 4.16. The van der Waals surface area contributed by atoms with Gasteiger partial charge in [0.2, 0.25) is 0 Å². The van der Waals surface area contributed by atoms with Gasteiger partial charge in [0.15, 0.2) is 0 Å². The van der Waals surface area contributed by atoms with Gasteiger partial charge in [0.25, 0.3) is 5.91 Å². The SMILES string of the molecule is Cc1cc(C(=O)Nc2ccc(-n3cncn3)cc2)c(C)n1C1CCCCC1. The van der Waals surface area contributed by atoms with Gasteiger partial charge in [0.1, 0.15) is 12.7 Å². The normalized spacial score (nSPS) is 15.0. The minimum Gasteiger partial charge on any atom is -0.345 e. The van der Waals surface area contributed by atoms with E-state index in [0.29, 0.717) is 6.04 Å². The number of rotatable bonds is 4. The van der Waals surface area contributed by atoms with Crippen molar-refractivity contribution in [2.45, 2.75) is 52.0 Å². The maximum absolute atomic E-state index is 12.8. The van der Waals surface area contributed by atoms with Crippen molar-refractivity contribution in [3.05, 3.63) is 59.9 Å². The Morgan fingerprint density at radius 2 is 1.85 bits per heavy atom. The lowest BCUT2D eigenvalue weighted by Crippen LogP contribution is -2.17. The van der Waals surface area contributed by atoms with E-state index in [0.717, 1.165) is 22.6 Å². The van der Waals surface area contributed by atoms with Gasteiger partial charge >= 0.3 is 0 Å². The zero-order valence-electron chi connectivity index (χ0n) is 15.9. The molecule has 1 aliphatic carbocycles. The summed E-state index contributed by atoms with van der Waals surface area (Å²) in [6, 6.07) is 10.1. The minimum atomic E-state index is -0.0568. The van der Waals surface area contributed by atoms with Gasteiger partial charge in [0.05, 0.1) is 11.3 Å². The number of amides is 1. The average molecular weight is 363 g/mol. The molecule has 0 atom stereocenters. The van der Waals surface area contributed by atoms with Crippen molar-refractivity contribution in [1.82, 2.24) is 19.3 Å². The summed E-state index contributed by atoms with van der Waals surface area (Å²) in [6.07, 6.45) is 9.45. The van der Waals surface area contributed by atoms with Crippen molar-refractivity contribution in [3.8, 4) is 5.69 Å². The fourth-order valence-corrected chi connectivity index (χ4v) is 4.15. The Bertz CT molecular complexity index is 918. The van der Waals surface area contributed by atoms with Gasteiger partial charge in [0, 0.05) is 23.1 Å². The number of carbonyl (C=O) groups is 1. The quantitative estimate of drug-likeness (QED) is 0.745. The highest BCUT2D eigenvalue weighted by molar-refractivity contribution is 6.05. The Morgan fingerprint density at radius 3 is 2.52 bits per heavy atom. The molecule has 27 heavy (non-hydrogen) atoms. The van der Waals surface area contributed by atoms with E-state index in [4.69, 9.17) is 0 Å². The molecule has 3 aromatic rings. The van der Waals surface area contributed by atoms with E-state index in [2.05, 4.69) is 33.8 Å². The molecule has 2 aromatic heterocycles. The van der Waals surface area contributed by atoms with Crippen LogP contribution >= 0.6 is 0 Å². The number of hydrogen-bond donors (Lipinski definition) is 1. The first-order valence-corrected chi connectivity index (χ1v) is 9.58. The van der Waals surface area contributed by atoms with Crippen LogP contribution in [0, 0.1) is 13.8 Å². The molecule has 1 aliphatic rings. The third kappa shape index (κ3) is 3.52. The number of benzene rings is 1. The number of aryl methyl sites for hydroxylation is 1. The predicted octanol–water partition coefficient (Wildman–Crippen LogP) is 4.44. The molecule has 2 heterocycles. The zero-order chi connectivity index (χ0) is 18.8. The largest absolute Gasteiger partial charge is 0.345 e. The van der Waals surface area contributed by atoms with Crippen LogP contribution in [0.2, 0.25) is 0 Å². The van der Waals surface area contributed by atoms with Gasteiger partial charge in [-0.3, -0.25) is 4.79 Å². The first-order valence-electron chi connectivity index (χ1n) is 9.58.